The van der Waals surface area contributed by atoms with E-state index in [9.17, 15) is 0 Å². The van der Waals surface area contributed by atoms with Gasteiger partial charge in [-0.3, -0.25) is 0 Å². The fraction of sp³-hybridized carbons (Fsp3) is 0.533. The summed E-state index contributed by atoms with van der Waals surface area (Å²) in [6.07, 6.45) is 0. The molecule has 19 heavy (non-hydrogen) atoms. The third kappa shape index (κ3) is 5.57. The zero-order valence-electron chi connectivity index (χ0n) is 12.2. The summed E-state index contributed by atoms with van der Waals surface area (Å²) in [6, 6.07) is 8.87. The first-order chi connectivity index (χ1) is 9.04. The number of nitrogens with one attached hydrogen (secondary N) is 2. The van der Waals surface area contributed by atoms with E-state index in [-0.39, 0.29) is 6.04 Å². The average Bonchev–Trinajstić information content (AvgIpc) is 2.39. The van der Waals surface area contributed by atoms with Crippen LogP contribution in [0, 0.1) is 0 Å². The standard InChI is InChI=1S/C15H24N2OS/c1-11(2)13-5-7-14(8-6-13)12(3)17-15(19)16-9-10-18-4/h5-8,11-12H,9-10H2,1-4H3,(H2,16,17,19). The molecule has 1 atom stereocenters. The third-order valence-electron chi connectivity index (χ3n) is 3.04. The van der Waals surface area contributed by atoms with E-state index in [0.717, 1.165) is 6.54 Å². The van der Waals surface area contributed by atoms with Crippen LogP contribution in [0.25, 0.3) is 0 Å². The molecular formula is C15H24N2OS. The van der Waals surface area contributed by atoms with E-state index < -0.39 is 0 Å². The highest BCUT2D eigenvalue weighted by molar-refractivity contribution is 7.80. The first-order valence-corrected chi connectivity index (χ1v) is 7.08. The van der Waals surface area contributed by atoms with E-state index in [0.29, 0.717) is 17.6 Å². The fourth-order valence-corrected chi connectivity index (χ4v) is 2.05. The number of rotatable bonds is 6. The molecule has 0 heterocycles. The van der Waals surface area contributed by atoms with Gasteiger partial charge < -0.3 is 15.4 Å². The molecule has 0 aliphatic carbocycles. The molecule has 0 aliphatic heterocycles. The van der Waals surface area contributed by atoms with Crippen molar-refractivity contribution in [2.45, 2.75) is 32.7 Å². The van der Waals surface area contributed by atoms with Gasteiger partial charge in [0.1, 0.15) is 0 Å². The van der Waals surface area contributed by atoms with Crippen LogP contribution in [-0.4, -0.2) is 25.4 Å². The molecule has 1 unspecified atom stereocenters. The topological polar surface area (TPSA) is 33.3 Å². The number of methoxy groups -OCH3 is 1. The summed E-state index contributed by atoms with van der Waals surface area (Å²) in [6.45, 7) is 7.88. The van der Waals surface area contributed by atoms with Crippen molar-refractivity contribution in [3.8, 4) is 0 Å². The molecule has 106 valence electrons. The lowest BCUT2D eigenvalue weighted by Crippen LogP contribution is -2.38. The summed E-state index contributed by atoms with van der Waals surface area (Å²) >= 11 is 5.23. The normalized spacial score (nSPS) is 12.3. The smallest absolute Gasteiger partial charge is 0.166 e. The molecular weight excluding hydrogens is 256 g/mol. The Balaban J connectivity index is 2.48. The quantitative estimate of drug-likeness (QED) is 0.620. The van der Waals surface area contributed by atoms with Crippen molar-refractivity contribution < 1.29 is 4.74 Å². The van der Waals surface area contributed by atoms with Crippen LogP contribution in [0.1, 0.15) is 43.9 Å². The van der Waals surface area contributed by atoms with Crippen molar-refractivity contribution in [3.63, 3.8) is 0 Å². The van der Waals surface area contributed by atoms with Crippen LogP contribution in [0.5, 0.6) is 0 Å². The largest absolute Gasteiger partial charge is 0.383 e. The van der Waals surface area contributed by atoms with Gasteiger partial charge in [0.15, 0.2) is 5.11 Å². The molecule has 0 fully saturated rings. The van der Waals surface area contributed by atoms with E-state index in [4.69, 9.17) is 17.0 Å². The van der Waals surface area contributed by atoms with Gasteiger partial charge in [-0.15, -0.1) is 0 Å². The van der Waals surface area contributed by atoms with E-state index in [1.807, 2.05) is 0 Å². The number of benzene rings is 1. The summed E-state index contributed by atoms with van der Waals surface area (Å²) in [5.74, 6) is 0.564. The van der Waals surface area contributed by atoms with Gasteiger partial charge in [-0.1, -0.05) is 38.1 Å². The summed E-state index contributed by atoms with van der Waals surface area (Å²) in [7, 11) is 1.68. The lowest BCUT2D eigenvalue weighted by Gasteiger charge is -2.18. The average molecular weight is 280 g/mol. The zero-order valence-corrected chi connectivity index (χ0v) is 13.0. The monoisotopic (exact) mass is 280 g/mol. The number of hydrogen-bond acceptors (Lipinski definition) is 2. The van der Waals surface area contributed by atoms with Gasteiger partial charge in [-0.05, 0) is 36.2 Å². The van der Waals surface area contributed by atoms with Crippen LogP contribution in [0.3, 0.4) is 0 Å². The van der Waals surface area contributed by atoms with Gasteiger partial charge in [0.05, 0.1) is 12.6 Å². The molecule has 0 aromatic heterocycles. The van der Waals surface area contributed by atoms with Gasteiger partial charge in [0, 0.05) is 13.7 Å². The van der Waals surface area contributed by atoms with Gasteiger partial charge in [0.25, 0.3) is 0 Å². The van der Waals surface area contributed by atoms with Crippen LogP contribution < -0.4 is 10.6 Å². The van der Waals surface area contributed by atoms with Gasteiger partial charge in [-0.2, -0.15) is 0 Å². The van der Waals surface area contributed by atoms with Gasteiger partial charge >= 0.3 is 0 Å². The molecule has 0 spiro atoms. The minimum absolute atomic E-state index is 0.198. The molecule has 3 nitrogen and oxygen atoms in total. The Morgan fingerprint density at radius 3 is 2.26 bits per heavy atom. The van der Waals surface area contributed by atoms with E-state index >= 15 is 0 Å². The Kier molecular flexibility index (Phi) is 6.81. The van der Waals surface area contributed by atoms with Crippen molar-refractivity contribution in [3.05, 3.63) is 35.4 Å². The lowest BCUT2D eigenvalue weighted by atomic mass is 10.00. The van der Waals surface area contributed by atoms with Crippen molar-refractivity contribution >= 4 is 17.3 Å². The van der Waals surface area contributed by atoms with Crippen molar-refractivity contribution in [2.75, 3.05) is 20.3 Å². The summed E-state index contributed by atoms with van der Waals surface area (Å²) in [5, 5.41) is 7.04. The Hall–Kier alpha value is -1.13. The highest BCUT2D eigenvalue weighted by Crippen LogP contribution is 2.18. The SMILES string of the molecule is COCCNC(=S)NC(C)c1ccc(C(C)C)cc1. The van der Waals surface area contributed by atoms with Crippen molar-refractivity contribution in [1.29, 1.82) is 0 Å². The molecule has 0 saturated heterocycles. The summed E-state index contributed by atoms with van der Waals surface area (Å²) in [4.78, 5) is 0. The number of thiocarbonyl (C=S) groups is 1. The molecule has 2 N–H and O–H groups in total. The maximum atomic E-state index is 5.23. The van der Waals surface area contributed by atoms with E-state index in [2.05, 4.69) is 55.7 Å². The molecule has 0 amide bonds. The minimum atomic E-state index is 0.198. The Morgan fingerprint density at radius 1 is 1.16 bits per heavy atom. The second-order valence-corrected chi connectivity index (χ2v) is 5.34. The lowest BCUT2D eigenvalue weighted by molar-refractivity contribution is 0.204. The van der Waals surface area contributed by atoms with E-state index in [1.165, 1.54) is 11.1 Å². The maximum absolute atomic E-state index is 5.23. The van der Waals surface area contributed by atoms with Crippen LogP contribution in [0.4, 0.5) is 0 Å². The van der Waals surface area contributed by atoms with Crippen LogP contribution >= 0.6 is 12.2 Å². The third-order valence-corrected chi connectivity index (χ3v) is 3.30. The molecule has 0 aliphatic rings. The maximum Gasteiger partial charge on any atom is 0.166 e. The Labute approximate surface area is 121 Å². The molecule has 0 radical (unpaired) electrons. The second-order valence-electron chi connectivity index (χ2n) is 4.94. The Morgan fingerprint density at radius 2 is 1.74 bits per heavy atom. The first-order valence-electron chi connectivity index (χ1n) is 6.67. The zero-order chi connectivity index (χ0) is 14.3. The highest BCUT2D eigenvalue weighted by atomic mass is 32.1. The van der Waals surface area contributed by atoms with Gasteiger partial charge in [0.2, 0.25) is 0 Å². The molecule has 1 rings (SSSR count). The fourth-order valence-electron chi connectivity index (χ4n) is 1.77. The molecule has 1 aromatic carbocycles. The molecule has 4 heteroatoms. The van der Waals surface area contributed by atoms with E-state index in [1.54, 1.807) is 7.11 Å². The summed E-state index contributed by atoms with van der Waals surface area (Å²) in [5.41, 5.74) is 2.59. The minimum Gasteiger partial charge on any atom is -0.383 e. The second kappa shape index (κ2) is 8.12. The van der Waals surface area contributed by atoms with Crippen LogP contribution in [0.2, 0.25) is 0 Å². The predicted molar refractivity (Wildman–Crippen MR) is 84.6 cm³/mol. The van der Waals surface area contributed by atoms with Crippen molar-refractivity contribution in [2.24, 2.45) is 0 Å². The van der Waals surface area contributed by atoms with Crippen LogP contribution in [0.15, 0.2) is 24.3 Å². The summed E-state index contributed by atoms with van der Waals surface area (Å²) < 4.78 is 4.97. The highest BCUT2D eigenvalue weighted by Gasteiger charge is 2.07. The molecule has 0 bridgehead atoms. The number of ether oxygens (including phenoxy) is 1. The Bertz CT molecular complexity index is 390. The number of hydrogen-bond donors (Lipinski definition) is 2. The predicted octanol–water partition coefficient (Wildman–Crippen LogP) is 2.98. The van der Waals surface area contributed by atoms with Crippen LogP contribution in [-0.2, 0) is 4.74 Å². The van der Waals surface area contributed by atoms with Crippen molar-refractivity contribution in [1.82, 2.24) is 10.6 Å². The van der Waals surface area contributed by atoms with Gasteiger partial charge in [-0.25, -0.2) is 0 Å². The first kappa shape index (κ1) is 15.9. The molecule has 1 aromatic rings. The molecule has 0 saturated carbocycles.